The van der Waals surface area contributed by atoms with Crippen molar-refractivity contribution in [3.05, 3.63) is 0 Å². The molecule has 0 radical (unpaired) electrons. The van der Waals surface area contributed by atoms with Crippen molar-refractivity contribution in [2.24, 2.45) is 4.99 Å². The van der Waals surface area contributed by atoms with Crippen LogP contribution in [0.2, 0.25) is 0 Å². The molecule has 5 heteroatoms. The van der Waals surface area contributed by atoms with Gasteiger partial charge in [-0.1, -0.05) is 18.7 Å². The maximum Gasteiger partial charge on any atom is 0.156 e. The van der Waals surface area contributed by atoms with Gasteiger partial charge < -0.3 is 5.32 Å². The van der Waals surface area contributed by atoms with Gasteiger partial charge >= 0.3 is 0 Å². The van der Waals surface area contributed by atoms with Crippen molar-refractivity contribution < 1.29 is 4.21 Å². The van der Waals surface area contributed by atoms with E-state index in [4.69, 9.17) is 0 Å². The van der Waals surface area contributed by atoms with Crippen LogP contribution in [0, 0.1) is 0 Å². The van der Waals surface area contributed by atoms with Crippen molar-refractivity contribution in [1.29, 1.82) is 0 Å². The summed E-state index contributed by atoms with van der Waals surface area (Å²) in [6.07, 6.45) is 3.83. The Labute approximate surface area is 105 Å². The predicted octanol–water partition coefficient (Wildman–Crippen LogP) is 2.00. The highest BCUT2D eigenvalue weighted by Crippen LogP contribution is 2.21. The summed E-state index contributed by atoms with van der Waals surface area (Å²) in [5.74, 6) is 1.13. The van der Waals surface area contributed by atoms with E-state index < -0.39 is 10.8 Å². The first-order valence-corrected chi connectivity index (χ1v) is 8.29. The SMILES string of the molecule is CC(CCN=C1NC(C)(C)CCS1)S(C)=O. The molecule has 2 atom stereocenters. The largest absolute Gasteiger partial charge is 0.360 e. The third-order valence-electron chi connectivity index (χ3n) is 2.77. The molecule has 1 aliphatic rings. The molecule has 3 nitrogen and oxygen atoms in total. The van der Waals surface area contributed by atoms with Crippen LogP contribution in [0.25, 0.3) is 0 Å². The molecule has 0 amide bonds. The van der Waals surface area contributed by atoms with Gasteiger partial charge in [0.25, 0.3) is 0 Å². The maximum atomic E-state index is 11.2. The van der Waals surface area contributed by atoms with E-state index in [1.165, 1.54) is 6.42 Å². The molecule has 0 saturated carbocycles. The van der Waals surface area contributed by atoms with Crippen LogP contribution in [-0.2, 0) is 10.8 Å². The average molecular weight is 262 g/mol. The molecule has 2 unspecified atom stereocenters. The zero-order chi connectivity index (χ0) is 12.2. The quantitative estimate of drug-likeness (QED) is 0.842. The van der Waals surface area contributed by atoms with Crippen LogP contribution in [0.1, 0.15) is 33.6 Å². The van der Waals surface area contributed by atoms with Gasteiger partial charge in [0.05, 0.1) is 0 Å². The number of aliphatic imine (C=N–C) groups is 1. The number of hydrogen-bond donors (Lipinski definition) is 1. The number of nitrogens with zero attached hydrogens (tertiary/aromatic N) is 1. The Kier molecular flexibility index (Phi) is 5.31. The van der Waals surface area contributed by atoms with E-state index in [2.05, 4.69) is 24.2 Å². The molecule has 0 aromatic carbocycles. The molecule has 1 rings (SSSR count). The fourth-order valence-corrected chi connectivity index (χ4v) is 3.16. The topological polar surface area (TPSA) is 41.5 Å². The van der Waals surface area contributed by atoms with Crippen molar-refractivity contribution in [2.75, 3.05) is 18.6 Å². The Morgan fingerprint density at radius 2 is 2.31 bits per heavy atom. The van der Waals surface area contributed by atoms with Crippen molar-refractivity contribution in [2.45, 2.75) is 44.4 Å². The van der Waals surface area contributed by atoms with Crippen LogP contribution < -0.4 is 5.32 Å². The summed E-state index contributed by atoms with van der Waals surface area (Å²) in [6.45, 7) is 7.19. The van der Waals surface area contributed by atoms with E-state index in [1.807, 2.05) is 6.92 Å². The zero-order valence-corrected chi connectivity index (χ0v) is 12.2. The lowest BCUT2D eigenvalue weighted by Gasteiger charge is -2.32. The van der Waals surface area contributed by atoms with Crippen molar-refractivity contribution >= 4 is 27.7 Å². The third kappa shape index (κ3) is 4.87. The van der Waals surface area contributed by atoms with Gasteiger partial charge in [-0.05, 0) is 26.7 Å². The van der Waals surface area contributed by atoms with Gasteiger partial charge in [-0.3, -0.25) is 9.20 Å². The van der Waals surface area contributed by atoms with Gasteiger partial charge in [-0.2, -0.15) is 0 Å². The van der Waals surface area contributed by atoms with Gasteiger partial charge in [0.2, 0.25) is 0 Å². The lowest BCUT2D eigenvalue weighted by molar-refractivity contribution is 0.446. The Morgan fingerprint density at radius 3 is 2.88 bits per heavy atom. The van der Waals surface area contributed by atoms with Crippen molar-refractivity contribution in [1.82, 2.24) is 5.32 Å². The minimum atomic E-state index is -0.729. The van der Waals surface area contributed by atoms with E-state index >= 15 is 0 Å². The monoisotopic (exact) mass is 262 g/mol. The summed E-state index contributed by atoms with van der Waals surface area (Å²) in [5.41, 5.74) is 0.170. The fraction of sp³-hybridized carbons (Fsp3) is 0.909. The molecule has 94 valence electrons. The number of amidine groups is 1. The van der Waals surface area contributed by atoms with Crippen LogP contribution >= 0.6 is 11.8 Å². The summed E-state index contributed by atoms with van der Waals surface area (Å²) in [6, 6.07) is 0. The Hall–Kier alpha value is -0.0300. The first-order chi connectivity index (χ1) is 7.41. The van der Waals surface area contributed by atoms with Crippen LogP contribution in [0.4, 0.5) is 0 Å². The average Bonchev–Trinajstić information content (AvgIpc) is 2.15. The second kappa shape index (κ2) is 6.05. The van der Waals surface area contributed by atoms with Crippen LogP contribution in [0.15, 0.2) is 4.99 Å². The smallest absolute Gasteiger partial charge is 0.156 e. The highest BCUT2D eigenvalue weighted by molar-refractivity contribution is 8.13. The third-order valence-corrected chi connectivity index (χ3v) is 5.05. The van der Waals surface area contributed by atoms with Crippen molar-refractivity contribution in [3.63, 3.8) is 0 Å². The van der Waals surface area contributed by atoms with Gasteiger partial charge in [0.15, 0.2) is 5.17 Å². The normalized spacial score (nSPS) is 26.1. The molecule has 0 spiro atoms. The van der Waals surface area contributed by atoms with E-state index in [0.29, 0.717) is 0 Å². The lowest BCUT2D eigenvalue weighted by Crippen LogP contribution is -2.46. The first-order valence-electron chi connectivity index (χ1n) is 5.68. The van der Waals surface area contributed by atoms with Gasteiger partial charge in [0.1, 0.15) is 0 Å². The molecule has 1 aliphatic heterocycles. The number of nitrogens with one attached hydrogen (secondary N) is 1. The summed E-state index contributed by atoms with van der Waals surface area (Å²) in [4.78, 5) is 4.54. The summed E-state index contributed by atoms with van der Waals surface area (Å²) >= 11 is 1.79. The van der Waals surface area contributed by atoms with Crippen LogP contribution in [0.3, 0.4) is 0 Å². The Balaban J connectivity index is 2.37. The summed E-state index contributed by atoms with van der Waals surface area (Å²) in [5, 5.41) is 4.72. The zero-order valence-electron chi connectivity index (χ0n) is 10.6. The number of thioether (sulfide) groups is 1. The molecule has 1 fully saturated rings. The van der Waals surface area contributed by atoms with E-state index in [9.17, 15) is 4.21 Å². The number of rotatable bonds is 4. The molecule has 0 aromatic heterocycles. The molecule has 0 bridgehead atoms. The molecule has 16 heavy (non-hydrogen) atoms. The van der Waals surface area contributed by atoms with E-state index in [-0.39, 0.29) is 10.8 Å². The van der Waals surface area contributed by atoms with Crippen LogP contribution in [0.5, 0.6) is 0 Å². The Morgan fingerprint density at radius 1 is 1.62 bits per heavy atom. The molecular weight excluding hydrogens is 240 g/mol. The van der Waals surface area contributed by atoms with E-state index in [1.54, 1.807) is 18.0 Å². The van der Waals surface area contributed by atoms with Gasteiger partial charge in [0, 0.05) is 40.1 Å². The lowest BCUT2D eigenvalue weighted by atomic mass is 10.0. The van der Waals surface area contributed by atoms with Gasteiger partial charge in [-0.15, -0.1) is 0 Å². The van der Waals surface area contributed by atoms with Gasteiger partial charge in [-0.25, -0.2) is 0 Å². The molecule has 1 heterocycles. The molecular formula is C11H22N2OS2. The maximum absolute atomic E-state index is 11.2. The molecule has 0 aliphatic carbocycles. The first kappa shape index (κ1) is 14.0. The Bertz CT molecular complexity index is 290. The van der Waals surface area contributed by atoms with E-state index in [0.717, 1.165) is 23.9 Å². The van der Waals surface area contributed by atoms with Crippen LogP contribution in [-0.4, -0.2) is 38.7 Å². The standard InChI is InChI=1S/C11H22N2OS2/c1-9(16(4)14)5-7-12-10-13-11(2,3)6-8-15-10/h9H,5-8H2,1-4H3,(H,12,13). The second-order valence-electron chi connectivity index (χ2n) is 4.89. The molecule has 1 saturated heterocycles. The minimum absolute atomic E-state index is 0.170. The highest BCUT2D eigenvalue weighted by atomic mass is 32.2. The molecule has 1 N–H and O–H groups in total. The summed E-state index contributed by atoms with van der Waals surface area (Å²) < 4.78 is 11.2. The fourth-order valence-electron chi connectivity index (χ4n) is 1.39. The number of hydrogen-bond acceptors (Lipinski definition) is 3. The molecule has 0 aromatic rings. The highest BCUT2D eigenvalue weighted by Gasteiger charge is 2.23. The van der Waals surface area contributed by atoms with Crippen molar-refractivity contribution in [3.8, 4) is 0 Å². The minimum Gasteiger partial charge on any atom is -0.360 e. The summed E-state index contributed by atoms with van der Waals surface area (Å²) in [7, 11) is -0.729. The predicted molar refractivity (Wildman–Crippen MR) is 74.7 cm³/mol. The second-order valence-corrected chi connectivity index (χ2v) is 7.78.